The summed E-state index contributed by atoms with van der Waals surface area (Å²) in [5.74, 6) is -1.53. The summed E-state index contributed by atoms with van der Waals surface area (Å²) >= 11 is 0. The predicted octanol–water partition coefficient (Wildman–Crippen LogP) is 3.93. The molecule has 1 atom stereocenters. The molecule has 1 unspecified atom stereocenters. The molecule has 15 heteroatoms. The van der Waals surface area contributed by atoms with E-state index in [1.165, 1.54) is 24.1 Å². The summed E-state index contributed by atoms with van der Waals surface area (Å²) in [5, 5.41) is 19.9. The van der Waals surface area contributed by atoms with Crippen LogP contribution in [-0.4, -0.2) is 63.9 Å². The summed E-state index contributed by atoms with van der Waals surface area (Å²) in [6.07, 6.45) is -9.26. The third-order valence-corrected chi connectivity index (χ3v) is 5.71. The number of carbonyl (C=O) groups is 1. The molecular weight excluding hydrogens is 550 g/mol. The Morgan fingerprint density at radius 1 is 1.07 bits per heavy atom. The largest absolute Gasteiger partial charge is 0.573 e. The van der Waals surface area contributed by atoms with Crippen molar-refractivity contribution in [2.24, 2.45) is 0 Å². The van der Waals surface area contributed by atoms with Crippen molar-refractivity contribution in [3.8, 4) is 17.2 Å². The first-order valence-corrected chi connectivity index (χ1v) is 11.5. The van der Waals surface area contributed by atoms with Gasteiger partial charge >= 0.3 is 12.5 Å². The standard InChI is InChI=1S/C25H20F6N4O5/c1-34-21-20(22(37)35(23(34)38)8-3-9-36)17(10-14-6-7-19(32-12-14)24(26,27)28)18(13-33-21)39-15-4-2-5-16(11-15)40-25(29,30)31/h2,4-5,11-13,23,36,38H,3,8-10H2,1H3. The first-order chi connectivity index (χ1) is 18.8. The lowest BCUT2D eigenvalue weighted by Crippen LogP contribution is -2.55. The highest BCUT2D eigenvalue weighted by Gasteiger charge is 2.39. The summed E-state index contributed by atoms with van der Waals surface area (Å²) < 4.78 is 86.7. The lowest BCUT2D eigenvalue weighted by atomic mass is 9.98. The fraction of sp³-hybridized carbons (Fsp3) is 0.320. The highest BCUT2D eigenvalue weighted by Crippen LogP contribution is 2.38. The van der Waals surface area contributed by atoms with Crippen LogP contribution >= 0.6 is 0 Å². The maximum Gasteiger partial charge on any atom is 0.573 e. The number of aromatic nitrogens is 2. The molecule has 0 fully saturated rings. The number of hydrogen-bond acceptors (Lipinski definition) is 8. The fourth-order valence-electron chi connectivity index (χ4n) is 3.93. The average molecular weight is 570 g/mol. The van der Waals surface area contributed by atoms with Crippen molar-refractivity contribution in [1.82, 2.24) is 14.9 Å². The summed E-state index contributed by atoms with van der Waals surface area (Å²) in [4.78, 5) is 23.4. The molecule has 0 radical (unpaired) electrons. The molecule has 2 N–H and O–H groups in total. The van der Waals surface area contributed by atoms with Crippen molar-refractivity contribution >= 4 is 11.7 Å². The quantitative estimate of drug-likeness (QED) is 0.393. The van der Waals surface area contributed by atoms with Gasteiger partial charge in [-0.2, -0.15) is 13.2 Å². The Balaban J connectivity index is 1.80. The molecule has 1 aliphatic rings. The molecule has 3 aromatic rings. The fourth-order valence-corrected chi connectivity index (χ4v) is 3.93. The van der Waals surface area contributed by atoms with Crippen molar-refractivity contribution in [3.63, 3.8) is 0 Å². The van der Waals surface area contributed by atoms with Crippen molar-refractivity contribution in [3.05, 3.63) is 71.2 Å². The Labute approximate surface area is 223 Å². The van der Waals surface area contributed by atoms with E-state index in [0.29, 0.717) is 0 Å². The Morgan fingerprint density at radius 3 is 2.42 bits per heavy atom. The van der Waals surface area contributed by atoms with Crippen LogP contribution in [0, 0.1) is 12.1 Å². The maximum absolute atomic E-state index is 13.5. The second-order valence-corrected chi connectivity index (χ2v) is 8.51. The Bertz CT molecular complexity index is 1370. The molecule has 0 saturated carbocycles. The number of aliphatic hydroxyl groups excluding tert-OH is 2. The number of aliphatic hydroxyl groups is 2. The van der Waals surface area contributed by atoms with Crippen LogP contribution in [0.4, 0.5) is 32.2 Å². The first kappa shape index (κ1) is 28.7. The van der Waals surface area contributed by atoms with Gasteiger partial charge in [0.05, 0.1) is 11.8 Å². The molecule has 9 nitrogen and oxygen atoms in total. The number of anilines is 1. The zero-order valence-electron chi connectivity index (χ0n) is 20.5. The zero-order valence-corrected chi connectivity index (χ0v) is 20.5. The van der Waals surface area contributed by atoms with Crippen LogP contribution in [0.1, 0.15) is 33.6 Å². The number of pyridine rings is 1. The number of benzene rings is 1. The molecule has 0 saturated heterocycles. The number of ether oxygens (including phenoxy) is 2. The van der Waals surface area contributed by atoms with Gasteiger partial charge in [0.2, 0.25) is 6.35 Å². The van der Waals surface area contributed by atoms with Gasteiger partial charge in [-0.25, -0.2) is 9.97 Å². The number of hydrogen-bond donors (Lipinski definition) is 2. The highest BCUT2D eigenvalue weighted by molar-refractivity contribution is 6.03. The second kappa shape index (κ2) is 11.1. The normalized spacial score (nSPS) is 15.5. The summed E-state index contributed by atoms with van der Waals surface area (Å²) in [7, 11) is 1.44. The van der Waals surface area contributed by atoms with E-state index in [4.69, 9.17) is 4.74 Å². The van der Waals surface area contributed by atoms with E-state index in [0.717, 1.165) is 29.4 Å². The monoisotopic (exact) mass is 570 g/mol. The molecular formula is C25H20F6N4O5. The zero-order chi connectivity index (χ0) is 29.2. The van der Waals surface area contributed by atoms with Gasteiger partial charge in [-0.05, 0) is 24.6 Å². The van der Waals surface area contributed by atoms with Gasteiger partial charge in [0.1, 0.15) is 23.1 Å². The number of alkyl halides is 6. The molecule has 3 heterocycles. The Morgan fingerprint density at radius 2 is 1.80 bits per heavy atom. The van der Waals surface area contributed by atoms with Crippen LogP contribution in [0.3, 0.4) is 0 Å². The van der Waals surface area contributed by atoms with Gasteiger partial charge in [0.25, 0.3) is 5.91 Å². The van der Waals surface area contributed by atoms with Gasteiger partial charge in [-0.15, -0.1) is 13.2 Å². The SMILES string of the molecule is CN1c2ncc(Oc3cccc(OC(F)(F)F)c3)c(Cc3c#cc(C(F)(F)F)nc3)c2C(=O)N(CCCO)C1O. The van der Waals surface area contributed by atoms with Crippen LogP contribution < -0.4 is 14.4 Å². The van der Waals surface area contributed by atoms with Crippen molar-refractivity contribution in [2.75, 3.05) is 25.1 Å². The van der Waals surface area contributed by atoms with Gasteiger partial charge in [0.15, 0.2) is 5.69 Å². The number of amides is 1. The van der Waals surface area contributed by atoms with Crippen molar-refractivity contribution < 1.29 is 50.8 Å². The second-order valence-electron chi connectivity index (χ2n) is 8.51. The van der Waals surface area contributed by atoms with E-state index in [9.17, 15) is 41.4 Å². The lowest BCUT2D eigenvalue weighted by Gasteiger charge is -2.40. The minimum absolute atomic E-state index is 0.0121. The third kappa shape index (κ3) is 6.29. The minimum Gasteiger partial charge on any atom is -0.455 e. The number of carbonyl (C=O) groups excluding carboxylic acids is 1. The molecule has 1 amide bonds. The number of fused-ring (bicyclic) bond motifs is 1. The summed E-state index contributed by atoms with van der Waals surface area (Å²) in [6, 6.07) is 8.82. The topological polar surface area (TPSA) is 108 Å². The van der Waals surface area contributed by atoms with Crippen LogP contribution in [0.2, 0.25) is 0 Å². The van der Waals surface area contributed by atoms with E-state index < -0.39 is 36.2 Å². The smallest absolute Gasteiger partial charge is 0.455 e. The maximum atomic E-state index is 13.5. The van der Waals surface area contributed by atoms with Gasteiger partial charge in [-0.1, -0.05) is 12.1 Å². The van der Waals surface area contributed by atoms with Crippen molar-refractivity contribution in [2.45, 2.75) is 31.7 Å². The molecule has 1 aliphatic heterocycles. The van der Waals surface area contributed by atoms with E-state index in [1.54, 1.807) is 0 Å². The molecule has 0 bridgehead atoms. The molecule has 212 valence electrons. The van der Waals surface area contributed by atoms with Gasteiger partial charge < -0.3 is 24.6 Å². The molecule has 40 heavy (non-hydrogen) atoms. The molecule has 1 aromatic carbocycles. The van der Waals surface area contributed by atoms with Gasteiger partial charge in [-0.3, -0.25) is 9.69 Å². The number of rotatable bonds is 8. The van der Waals surface area contributed by atoms with Gasteiger partial charge in [0, 0.05) is 50.0 Å². The molecule has 4 rings (SSSR count). The molecule has 2 aromatic heterocycles. The number of nitrogens with zero attached hydrogens (tertiary/aromatic N) is 4. The van der Waals surface area contributed by atoms with E-state index >= 15 is 0 Å². The van der Waals surface area contributed by atoms with Crippen LogP contribution in [0.25, 0.3) is 0 Å². The van der Waals surface area contributed by atoms with E-state index in [-0.39, 0.29) is 60.0 Å². The summed E-state index contributed by atoms with van der Waals surface area (Å²) in [6.45, 7) is -0.330. The van der Waals surface area contributed by atoms with Crippen LogP contribution in [-0.2, 0) is 12.6 Å². The van der Waals surface area contributed by atoms with Crippen molar-refractivity contribution in [1.29, 1.82) is 0 Å². The average Bonchev–Trinajstić information content (AvgIpc) is 2.87. The minimum atomic E-state index is -4.96. The lowest BCUT2D eigenvalue weighted by molar-refractivity contribution is -0.274. The summed E-state index contributed by atoms with van der Waals surface area (Å²) in [5.41, 5.74) is -1.24. The number of halogens is 6. The Hall–Kier alpha value is -4.29. The van der Waals surface area contributed by atoms with E-state index in [1.807, 2.05) is 6.07 Å². The molecule has 0 aliphatic carbocycles. The van der Waals surface area contributed by atoms with Crippen LogP contribution in [0.15, 0.2) is 36.7 Å². The predicted molar refractivity (Wildman–Crippen MR) is 124 cm³/mol. The first-order valence-electron chi connectivity index (χ1n) is 11.5. The third-order valence-electron chi connectivity index (χ3n) is 5.71. The highest BCUT2D eigenvalue weighted by atomic mass is 19.4. The van der Waals surface area contributed by atoms with E-state index in [2.05, 4.69) is 20.8 Å². The Kier molecular flexibility index (Phi) is 7.94. The molecule has 0 spiro atoms. The van der Waals surface area contributed by atoms with Crippen LogP contribution in [0.5, 0.6) is 17.2 Å².